The fraction of sp³-hybridized carbons (Fsp3) is 0.571. The van der Waals surface area contributed by atoms with Crippen LogP contribution in [0.15, 0.2) is 18.3 Å². The summed E-state index contributed by atoms with van der Waals surface area (Å²) in [5, 5.41) is 4.81. The van der Waals surface area contributed by atoms with E-state index in [0.29, 0.717) is 6.54 Å². The third-order valence-electron chi connectivity index (χ3n) is 5.08. The number of hydrogen-bond acceptors (Lipinski definition) is 6. The molecule has 1 aromatic rings. The van der Waals surface area contributed by atoms with Crippen LogP contribution in [0.3, 0.4) is 0 Å². The Kier molecular flexibility index (Phi) is 6.38. The first kappa shape index (κ1) is 21.7. The van der Waals surface area contributed by atoms with E-state index in [0.717, 1.165) is 24.8 Å². The molecule has 0 bridgehead atoms. The lowest BCUT2D eigenvalue weighted by Crippen LogP contribution is -2.52. The number of nitrogens with one attached hydrogen (secondary N) is 2. The second-order valence-electron chi connectivity index (χ2n) is 8.64. The Balaban J connectivity index is 1.67. The number of ether oxygens (including phenoxy) is 1. The Morgan fingerprint density at radius 1 is 1.20 bits per heavy atom. The molecule has 2 unspecified atom stereocenters. The Labute approximate surface area is 175 Å². The number of imide groups is 1. The lowest BCUT2D eigenvalue weighted by molar-refractivity contribution is -0.134. The summed E-state index contributed by atoms with van der Waals surface area (Å²) in [6.07, 6.45) is 4.38. The lowest BCUT2D eigenvalue weighted by atomic mass is 9.96. The molecule has 4 amide bonds. The van der Waals surface area contributed by atoms with Gasteiger partial charge in [-0.3, -0.25) is 24.7 Å². The van der Waals surface area contributed by atoms with Crippen LogP contribution in [-0.2, 0) is 14.3 Å². The van der Waals surface area contributed by atoms with Crippen molar-refractivity contribution in [3.8, 4) is 0 Å². The highest BCUT2D eigenvalue weighted by atomic mass is 16.6. The van der Waals surface area contributed by atoms with Gasteiger partial charge in [-0.2, -0.15) is 0 Å². The minimum Gasteiger partial charge on any atom is -0.444 e. The average molecular weight is 416 g/mol. The van der Waals surface area contributed by atoms with Crippen molar-refractivity contribution in [2.45, 2.75) is 70.6 Å². The minimum absolute atomic E-state index is 0.159. The summed E-state index contributed by atoms with van der Waals surface area (Å²) in [7, 11) is 0. The zero-order valence-electron chi connectivity index (χ0n) is 17.6. The molecule has 9 nitrogen and oxygen atoms in total. The molecule has 0 spiro atoms. The standard InChI is InChI=1S/C21H28N4O5/c1-21(2,3)30-20(29)25-11-5-4-6-16(25)13-7-8-14(22-12-13)18(27)23-15-9-10-17(26)24-19(15)28/h7-8,12,15-16H,4-6,9-11H2,1-3H3,(H,23,27)(H,24,26,28). The molecule has 2 aliphatic heterocycles. The van der Waals surface area contributed by atoms with Crippen LogP contribution < -0.4 is 10.6 Å². The normalized spacial score (nSPS) is 22.3. The summed E-state index contributed by atoms with van der Waals surface area (Å²) in [4.78, 5) is 54.0. The van der Waals surface area contributed by atoms with Crippen molar-refractivity contribution in [1.82, 2.24) is 20.5 Å². The Hall–Kier alpha value is -2.97. The lowest BCUT2D eigenvalue weighted by Gasteiger charge is -2.36. The SMILES string of the molecule is CC(C)(C)OC(=O)N1CCCCC1c1ccc(C(=O)NC2CCC(=O)NC2=O)nc1. The fourth-order valence-corrected chi connectivity index (χ4v) is 3.62. The van der Waals surface area contributed by atoms with Gasteiger partial charge in [-0.1, -0.05) is 6.07 Å². The predicted molar refractivity (Wildman–Crippen MR) is 107 cm³/mol. The topological polar surface area (TPSA) is 118 Å². The maximum Gasteiger partial charge on any atom is 0.410 e. The smallest absolute Gasteiger partial charge is 0.410 e. The van der Waals surface area contributed by atoms with Crippen molar-refractivity contribution in [3.63, 3.8) is 0 Å². The maximum atomic E-state index is 12.6. The number of rotatable bonds is 3. The molecule has 2 fully saturated rings. The van der Waals surface area contributed by atoms with Crippen molar-refractivity contribution >= 4 is 23.8 Å². The fourth-order valence-electron chi connectivity index (χ4n) is 3.62. The summed E-state index contributed by atoms with van der Waals surface area (Å²) < 4.78 is 5.53. The first-order valence-electron chi connectivity index (χ1n) is 10.2. The highest BCUT2D eigenvalue weighted by molar-refractivity contribution is 6.03. The summed E-state index contributed by atoms with van der Waals surface area (Å²) in [5.74, 6) is -1.33. The molecule has 0 saturated carbocycles. The van der Waals surface area contributed by atoms with Gasteiger partial charge in [0.15, 0.2) is 0 Å². The Morgan fingerprint density at radius 2 is 1.97 bits per heavy atom. The maximum absolute atomic E-state index is 12.6. The van der Waals surface area contributed by atoms with Gasteiger partial charge in [-0.05, 0) is 58.1 Å². The van der Waals surface area contributed by atoms with Crippen LogP contribution in [-0.4, -0.2) is 51.9 Å². The number of likely N-dealkylation sites (tertiary alicyclic amines) is 1. The molecule has 2 aliphatic rings. The monoisotopic (exact) mass is 416 g/mol. The van der Waals surface area contributed by atoms with E-state index in [9.17, 15) is 19.2 Å². The van der Waals surface area contributed by atoms with E-state index >= 15 is 0 Å². The van der Waals surface area contributed by atoms with Crippen LogP contribution in [0.2, 0.25) is 0 Å². The molecule has 30 heavy (non-hydrogen) atoms. The average Bonchev–Trinajstić information content (AvgIpc) is 2.69. The van der Waals surface area contributed by atoms with Gasteiger partial charge >= 0.3 is 6.09 Å². The molecule has 3 heterocycles. The first-order chi connectivity index (χ1) is 14.1. The number of amides is 4. The second-order valence-corrected chi connectivity index (χ2v) is 8.64. The molecule has 0 aliphatic carbocycles. The van der Waals surface area contributed by atoms with Crippen molar-refractivity contribution in [2.75, 3.05) is 6.54 Å². The molecular weight excluding hydrogens is 388 g/mol. The quantitative estimate of drug-likeness (QED) is 0.729. The summed E-state index contributed by atoms with van der Waals surface area (Å²) in [5.41, 5.74) is 0.427. The van der Waals surface area contributed by atoms with Gasteiger partial charge in [0.2, 0.25) is 11.8 Å². The summed E-state index contributed by atoms with van der Waals surface area (Å²) >= 11 is 0. The van der Waals surface area contributed by atoms with E-state index in [1.54, 1.807) is 23.2 Å². The third-order valence-corrected chi connectivity index (χ3v) is 5.08. The zero-order chi connectivity index (χ0) is 21.9. The van der Waals surface area contributed by atoms with Crippen LogP contribution in [0.1, 0.15) is 75.0 Å². The number of piperidine rings is 2. The van der Waals surface area contributed by atoms with Crippen molar-refractivity contribution in [2.24, 2.45) is 0 Å². The largest absolute Gasteiger partial charge is 0.444 e. The van der Waals surface area contributed by atoms with E-state index in [1.807, 2.05) is 20.8 Å². The summed E-state index contributed by atoms with van der Waals surface area (Å²) in [6, 6.07) is 2.45. The third kappa shape index (κ3) is 5.34. The van der Waals surface area contributed by atoms with Gasteiger partial charge in [-0.25, -0.2) is 4.79 Å². The van der Waals surface area contributed by atoms with Gasteiger partial charge in [0.05, 0.1) is 6.04 Å². The second kappa shape index (κ2) is 8.81. The van der Waals surface area contributed by atoms with Gasteiger partial charge in [0, 0.05) is 19.2 Å². The molecule has 9 heteroatoms. The van der Waals surface area contributed by atoms with Crippen LogP contribution in [0.4, 0.5) is 4.79 Å². The Bertz CT molecular complexity index is 831. The van der Waals surface area contributed by atoms with Crippen LogP contribution in [0.25, 0.3) is 0 Å². The molecule has 0 radical (unpaired) electrons. The van der Waals surface area contributed by atoms with Crippen LogP contribution in [0.5, 0.6) is 0 Å². The van der Waals surface area contributed by atoms with E-state index in [2.05, 4.69) is 15.6 Å². The van der Waals surface area contributed by atoms with Gasteiger partial charge in [-0.15, -0.1) is 0 Å². The molecular formula is C21H28N4O5. The minimum atomic E-state index is -0.752. The molecule has 2 saturated heterocycles. The summed E-state index contributed by atoms with van der Waals surface area (Å²) in [6.45, 7) is 6.11. The highest BCUT2D eigenvalue weighted by Crippen LogP contribution is 2.32. The molecule has 0 aromatic carbocycles. The molecule has 1 aromatic heterocycles. The van der Waals surface area contributed by atoms with E-state index in [4.69, 9.17) is 4.74 Å². The number of hydrogen-bond donors (Lipinski definition) is 2. The molecule has 2 atom stereocenters. The highest BCUT2D eigenvalue weighted by Gasteiger charge is 2.32. The number of carbonyl (C=O) groups is 4. The molecule has 162 valence electrons. The first-order valence-corrected chi connectivity index (χ1v) is 10.2. The number of pyridine rings is 1. The van der Waals surface area contributed by atoms with Gasteiger partial charge in [0.25, 0.3) is 5.91 Å². The van der Waals surface area contributed by atoms with Gasteiger partial charge in [0.1, 0.15) is 17.3 Å². The van der Waals surface area contributed by atoms with Crippen LogP contribution in [0, 0.1) is 0 Å². The van der Waals surface area contributed by atoms with Crippen molar-refractivity contribution < 1.29 is 23.9 Å². The van der Waals surface area contributed by atoms with E-state index < -0.39 is 23.5 Å². The van der Waals surface area contributed by atoms with Crippen LogP contribution >= 0.6 is 0 Å². The molecule has 2 N–H and O–H groups in total. The van der Waals surface area contributed by atoms with Crippen molar-refractivity contribution in [1.29, 1.82) is 0 Å². The number of nitrogens with zero attached hydrogens (tertiary/aromatic N) is 2. The number of carbonyl (C=O) groups excluding carboxylic acids is 4. The van der Waals surface area contributed by atoms with Gasteiger partial charge < -0.3 is 15.0 Å². The van der Waals surface area contributed by atoms with E-state index in [-0.39, 0.29) is 36.6 Å². The van der Waals surface area contributed by atoms with E-state index in [1.165, 1.54) is 0 Å². The zero-order valence-corrected chi connectivity index (χ0v) is 17.6. The Morgan fingerprint density at radius 3 is 2.60 bits per heavy atom. The predicted octanol–water partition coefficient (Wildman–Crippen LogP) is 2.08. The van der Waals surface area contributed by atoms with Crippen molar-refractivity contribution in [3.05, 3.63) is 29.6 Å². The molecule has 3 rings (SSSR count). The number of aromatic nitrogens is 1.